The second kappa shape index (κ2) is 7.85. The van der Waals surface area contributed by atoms with Gasteiger partial charge in [0.2, 0.25) is 5.91 Å². The van der Waals surface area contributed by atoms with Crippen LogP contribution in [0.15, 0.2) is 0 Å². The molecule has 1 atom stereocenters. The zero-order valence-electron chi connectivity index (χ0n) is 12.9. The maximum Gasteiger partial charge on any atom is 0.221 e. The molecular weight excluding hydrogens is 238 g/mol. The highest BCUT2D eigenvalue weighted by Crippen LogP contribution is 2.22. The second-order valence-electron chi connectivity index (χ2n) is 6.84. The third-order valence-corrected chi connectivity index (χ3v) is 3.80. The van der Waals surface area contributed by atoms with Crippen LogP contribution in [0.5, 0.6) is 0 Å². The highest BCUT2D eigenvalue weighted by atomic mass is 16.1. The average Bonchev–Trinajstić information content (AvgIpc) is 2.34. The van der Waals surface area contributed by atoms with E-state index in [1.807, 2.05) is 0 Å². The first-order valence-corrected chi connectivity index (χ1v) is 7.63. The first-order valence-electron chi connectivity index (χ1n) is 7.63. The molecule has 19 heavy (non-hydrogen) atoms. The summed E-state index contributed by atoms with van der Waals surface area (Å²) in [5, 5.41) is 3.02. The molecular formula is C15H31N3O. The van der Waals surface area contributed by atoms with Crippen molar-refractivity contribution in [2.24, 2.45) is 11.1 Å². The number of hydrogen-bond acceptors (Lipinski definition) is 3. The minimum atomic E-state index is 0.0869. The number of rotatable bonds is 6. The number of carbonyl (C=O) groups is 1. The lowest BCUT2D eigenvalue weighted by atomic mass is 9.91. The number of piperidine rings is 1. The maximum atomic E-state index is 11.5. The van der Waals surface area contributed by atoms with E-state index < -0.39 is 0 Å². The van der Waals surface area contributed by atoms with Gasteiger partial charge in [-0.2, -0.15) is 0 Å². The van der Waals surface area contributed by atoms with Gasteiger partial charge < -0.3 is 11.1 Å². The van der Waals surface area contributed by atoms with E-state index in [-0.39, 0.29) is 5.91 Å². The predicted molar refractivity (Wildman–Crippen MR) is 80.0 cm³/mol. The Morgan fingerprint density at radius 1 is 1.37 bits per heavy atom. The summed E-state index contributed by atoms with van der Waals surface area (Å²) in [6.07, 6.45) is 5.42. The molecule has 1 saturated heterocycles. The molecule has 1 heterocycles. The molecule has 4 nitrogen and oxygen atoms in total. The van der Waals surface area contributed by atoms with Gasteiger partial charge in [0.05, 0.1) is 0 Å². The fourth-order valence-corrected chi connectivity index (χ4v) is 2.52. The van der Waals surface area contributed by atoms with Crippen molar-refractivity contribution in [2.75, 3.05) is 26.2 Å². The third-order valence-electron chi connectivity index (χ3n) is 3.80. The van der Waals surface area contributed by atoms with E-state index in [2.05, 4.69) is 31.0 Å². The monoisotopic (exact) mass is 269 g/mol. The van der Waals surface area contributed by atoms with E-state index in [0.29, 0.717) is 24.4 Å². The van der Waals surface area contributed by atoms with Crippen LogP contribution in [-0.4, -0.2) is 43.0 Å². The van der Waals surface area contributed by atoms with Crippen molar-refractivity contribution in [3.05, 3.63) is 0 Å². The fourth-order valence-electron chi connectivity index (χ4n) is 2.52. The minimum Gasteiger partial charge on any atom is -0.354 e. The summed E-state index contributed by atoms with van der Waals surface area (Å²) < 4.78 is 0. The number of amides is 1. The molecule has 0 aromatic rings. The van der Waals surface area contributed by atoms with Crippen molar-refractivity contribution in [3.63, 3.8) is 0 Å². The summed E-state index contributed by atoms with van der Waals surface area (Å²) >= 11 is 0. The van der Waals surface area contributed by atoms with Crippen LogP contribution in [0.3, 0.4) is 0 Å². The van der Waals surface area contributed by atoms with Crippen LogP contribution < -0.4 is 11.1 Å². The van der Waals surface area contributed by atoms with E-state index in [0.717, 1.165) is 13.1 Å². The number of nitrogens with two attached hydrogens (primary N) is 1. The number of nitrogens with one attached hydrogen (secondary N) is 1. The summed E-state index contributed by atoms with van der Waals surface area (Å²) in [5.74, 6) is 0.0869. The van der Waals surface area contributed by atoms with E-state index in [1.54, 1.807) is 0 Å². The summed E-state index contributed by atoms with van der Waals surface area (Å²) in [6.45, 7) is 10.4. The molecule has 3 N–H and O–H groups in total. The Labute approximate surface area is 118 Å². The molecule has 0 saturated carbocycles. The number of carbonyl (C=O) groups excluding carboxylic acids is 1. The summed E-state index contributed by atoms with van der Waals surface area (Å²) in [5.41, 5.74) is 5.77. The van der Waals surface area contributed by atoms with Crippen LogP contribution in [-0.2, 0) is 4.79 Å². The number of hydrogen-bond donors (Lipinski definition) is 2. The SMILES string of the molecule is CC(C)(C)CCN1CCCCC1CNC(=O)CCN. The van der Waals surface area contributed by atoms with Gasteiger partial charge in [-0.05, 0) is 37.8 Å². The lowest BCUT2D eigenvalue weighted by Crippen LogP contribution is -2.47. The zero-order valence-corrected chi connectivity index (χ0v) is 12.9. The molecule has 0 spiro atoms. The molecule has 0 aliphatic carbocycles. The first-order chi connectivity index (χ1) is 8.92. The Morgan fingerprint density at radius 3 is 2.74 bits per heavy atom. The van der Waals surface area contributed by atoms with Crippen molar-refractivity contribution < 1.29 is 4.79 Å². The standard InChI is InChI=1S/C15H31N3O/c1-15(2,3)8-11-18-10-5-4-6-13(18)12-17-14(19)7-9-16/h13H,4-12,16H2,1-3H3,(H,17,19). The fraction of sp³-hybridized carbons (Fsp3) is 0.933. The van der Waals surface area contributed by atoms with Gasteiger partial charge in [0.15, 0.2) is 0 Å². The molecule has 0 bridgehead atoms. The number of likely N-dealkylation sites (tertiary alicyclic amines) is 1. The Bertz CT molecular complexity index is 273. The molecule has 4 heteroatoms. The zero-order chi connectivity index (χ0) is 14.3. The van der Waals surface area contributed by atoms with Gasteiger partial charge in [0.1, 0.15) is 0 Å². The highest BCUT2D eigenvalue weighted by molar-refractivity contribution is 5.76. The summed E-state index contributed by atoms with van der Waals surface area (Å²) in [6, 6.07) is 0.512. The quantitative estimate of drug-likeness (QED) is 0.772. The van der Waals surface area contributed by atoms with Crippen LogP contribution in [0.25, 0.3) is 0 Å². The molecule has 112 valence electrons. The van der Waals surface area contributed by atoms with Crippen molar-refractivity contribution in [1.82, 2.24) is 10.2 Å². The minimum absolute atomic E-state index is 0.0869. The van der Waals surface area contributed by atoms with Crippen molar-refractivity contribution in [2.45, 2.75) is 58.9 Å². The van der Waals surface area contributed by atoms with Gasteiger partial charge in [0.25, 0.3) is 0 Å². The normalized spacial score (nSPS) is 21.4. The lowest BCUT2D eigenvalue weighted by molar-refractivity contribution is -0.121. The van der Waals surface area contributed by atoms with Crippen molar-refractivity contribution >= 4 is 5.91 Å². The van der Waals surface area contributed by atoms with Crippen LogP contribution in [0.2, 0.25) is 0 Å². The first kappa shape index (κ1) is 16.4. The molecule has 0 aromatic heterocycles. The Kier molecular flexibility index (Phi) is 6.80. The van der Waals surface area contributed by atoms with Crippen LogP contribution in [0.4, 0.5) is 0 Å². The van der Waals surface area contributed by atoms with E-state index in [9.17, 15) is 4.79 Å². The molecule has 1 fully saturated rings. The summed E-state index contributed by atoms with van der Waals surface area (Å²) in [4.78, 5) is 14.1. The molecule has 1 amide bonds. The van der Waals surface area contributed by atoms with Gasteiger partial charge in [-0.25, -0.2) is 0 Å². The van der Waals surface area contributed by atoms with Gasteiger partial charge in [0, 0.05) is 25.6 Å². The Morgan fingerprint density at radius 2 is 2.11 bits per heavy atom. The van der Waals surface area contributed by atoms with Gasteiger partial charge in [-0.15, -0.1) is 0 Å². The van der Waals surface area contributed by atoms with Crippen molar-refractivity contribution in [1.29, 1.82) is 0 Å². The molecule has 1 unspecified atom stereocenters. The predicted octanol–water partition coefficient (Wildman–Crippen LogP) is 1.74. The van der Waals surface area contributed by atoms with Crippen LogP contribution >= 0.6 is 0 Å². The molecule has 1 aliphatic rings. The molecule has 1 aliphatic heterocycles. The Balaban J connectivity index is 2.37. The van der Waals surface area contributed by atoms with E-state index >= 15 is 0 Å². The Hall–Kier alpha value is -0.610. The van der Waals surface area contributed by atoms with E-state index in [4.69, 9.17) is 5.73 Å². The van der Waals surface area contributed by atoms with Gasteiger partial charge >= 0.3 is 0 Å². The van der Waals surface area contributed by atoms with Crippen LogP contribution in [0.1, 0.15) is 52.9 Å². The van der Waals surface area contributed by atoms with Gasteiger partial charge in [-0.3, -0.25) is 9.69 Å². The lowest BCUT2D eigenvalue weighted by Gasteiger charge is -2.37. The van der Waals surface area contributed by atoms with E-state index in [1.165, 1.54) is 32.2 Å². The molecule has 0 aromatic carbocycles. The highest BCUT2D eigenvalue weighted by Gasteiger charge is 2.24. The second-order valence-corrected chi connectivity index (χ2v) is 6.84. The van der Waals surface area contributed by atoms with Crippen LogP contribution in [0, 0.1) is 5.41 Å². The molecule has 0 radical (unpaired) electrons. The number of nitrogens with zero attached hydrogens (tertiary/aromatic N) is 1. The van der Waals surface area contributed by atoms with Crippen molar-refractivity contribution in [3.8, 4) is 0 Å². The smallest absolute Gasteiger partial charge is 0.221 e. The topological polar surface area (TPSA) is 58.4 Å². The largest absolute Gasteiger partial charge is 0.354 e. The third kappa shape index (κ3) is 6.92. The summed E-state index contributed by atoms with van der Waals surface area (Å²) in [7, 11) is 0. The maximum absolute atomic E-state index is 11.5. The van der Waals surface area contributed by atoms with Gasteiger partial charge in [-0.1, -0.05) is 27.2 Å². The average molecular weight is 269 g/mol. The molecule has 1 rings (SSSR count).